The quantitative estimate of drug-likeness (QED) is 0.624. The zero-order chi connectivity index (χ0) is 22.7. The number of carbonyl (C=O) groups is 1. The van der Waals surface area contributed by atoms with E-state index >= 15 is 0 Å². The Morgan fingerprint density at radius 2 is 1.94 bits per heavy atom. The van der Waals surface area contributed by atoms with Crippen LogP contribution in [0.2, 0.25) is 0 Å². The molecule has 2 atom stereocenters. The van der Waals surface area contributed by atoms with E-state index in [1.165, 1.54) is 6.07 Å². The average molecular weight is 443 g/mol. The van der Waals surface area contributed by atoms with Crippen molar-refractivity contribution >= 4 is 11.7 Å². The van der Waals surface area contributed by atoms with E-state index in [0.29, 0.717) is 24.6 Å². The SMILES string of the molecule is CC1CCCN(C(=O)c2ccnn2-c2ccccc2)C1CNc1ccc(C(F)(F)F)cn1. The number of anilines is 1. The molecule has 6 nitrogen and oxygen atoms in total. The Hall–Kier alpha value is -3.36. The van der Waals surface area contributed by atoms with Crippen molar-refractivity contribution in [3.8, 4) is 5.69 Å². The third-order valence-electron chi connectivity index (χ3n) is 5.82. The third kappa shape index (κ3) is 4.61. The van der Waals surface area contributed by atoms with Gasteiger partial charge in [-0.1, -0.05) is 25.1 Å². The van der Waals surface area contributed by atoms with E-state index in [0.717, 1.165) is 30.8 Å². The van der Waals surface area contributed by atoms with Crippen LogP contribution >= 0.6 is 0 Å². The third-order valence-corrected chi connectivity index (χ3v) is 5.82. The van der Waals surface area contributed by atoms with Crippen molar-refractivity contribution in [2.24, 2.45) is 5.92 Å². The second kappa shape index (κ2) is 9.02. The van der Waals surface area contributed by atoms with Crippen LogP contribution < -0.4 is 5.32 Å². The van der Waals surface area contributed by atoms with Gasteiger partial charge in [0, 0.05) is 19.3 Å². The van der Waals surface area contributed by atoms with Gasteiger partial charge in [-0.05, 0) is 49.1 Å². The predicted molar refractivity (Wildman–Crippen MR) is 115 cm³/mol. The molecule has 2 unspecified atom stereocenters. The highest BCUT2D eigenvalue weighted by atomic mass is 19.4. The van der Waals surface area contributed by atoms with Gasteiger partial charge in [-0.25, -0.2) is 9.67 Å². The molecule has 1 aliphatic heterocycles. The van der Waals surface area contributed by atoms with Crippen LogP contribution in [-0.2, 0) is 6.18 Å². The smallest absolute Gasteiger partial charge is 0.368 e. The number of piperidine rings is 1. The maximum absolute atomic E-state index is 13.5. The van der Waals surface area contributed by atoms with Crippen molar-refractivity contribution in [2.45, 2.75) is 32.0 Å². The predicted octanol–water partition coefficient (Wildman–Crippen LogP) is 4.64. The first-order valence-electron chi connectivity index (χ1n) is 10.5. The van der Waals surface area contributed by atoms with Crippen LogP contribution in [0.4, 0.5) is 19.0 Å². The first-order chi connectivity index (χ1) is 15.3. The zero-order valence-corrected chi connectivity index (χ0v) is 17.6. The van der Waals surface area contributed by atoms with Crippen molar-refractivity contribution < 1.29 is 18.0 Å². The maximum Gasteiger partial charge on any atom is 0.417 e. The number of para-hydroxylation sites is 1. The van der Waals surface area contributed by atoms with Gasteiger partial charge >= 0.3 is 6.18 Å². The normalized spacial score (nSPS) is 19.1. The van der Waals surface area contributed by atoms with Crippen molar-refractivity contribution in [3.05, 3.63) is 72.2 Å². The average Bonchev–Trinajstić information content (AvgIpc) is 3.28. The molecule has 0 radical (unpaired) electrons. The molecule has 1 fully saturated rings. The molecule has 1 N–H and O–H groups in total. The number of halogens is 3. The number of amides is 1. The minimum atomic E-state index is -4.42. The summed E-state index contributed by atoms with van der Waals surface area (Å²) in [5.41, 5.74) is 0.484. The Morgan fingerprint density at radius 3 is 2.62 bits per heavy atom. The fourth-order valence-corrected chi connectivity index (χ4v) is 4.08. The summed E-state index contributed by atoms with van der Waals surface area (Å²) < 4.78 is 39.9. The zero-order valence-electron chi connectivity index (χ0n) is 17.6. The number of hydrogen-bond donors (Lipinski definition) is 1. The van der Waals surface area contributed by atoms with E-state index in [1.807, 2.05) is 35.2 Å². The van der Waals surface area contributed by atoms with Gasteiger partial charge in [0.05, 0.1) is 23.5 Å². The summed E-state index contributed by atoms with van der Waals surface area (Å²) >= 11 is 0. The van der Waals surface area contributed by atoms with Gasteiger partial charge in [0.25, 0.3) is 5.91 Å². The summed E-state index contributed by atoms with van der Waals surface area (Å²) in [6.07, 6.45) is -0.148. The van der Waals surface area contributed by atoms with E-state index in [4.69, 9.17) is 0 Å². The lowest BCUT2D eigenvalue weighted by Crippen LogP contribution is -2.51. The Bertz CT molecular complexity index is 1050. The number of aromatic nitrogens is 3. The van der Waals surface area contributed by atoms with Gasteiger partial charge in [-0.3, -0.25) is 4.79 Å². The molecule has 0 aliphatic carbocycles. The van der Waals surface area contributed by atoms with Crippen molar-refractivity contribution in [1.82, 2.24) is 19.7 Å². The number of alkyl halides is 3. The van der Waals surface area contributed by atoms with Gasteiger partial charge in [-0.2, -0.15) is 18.3 Å². The molecule has 9 heteroatoms. The summed E-state index contributed by atoms with van der Waals surface area (Å²) in [6, 6.07) is 13.3. The molecule has 1 aromatic carbocycles. The highest BCUT2D eigenvalue weighted by Gasteiger charge is 2.34. The van der Waals surface area contributed by atoms with Crippen LogP contribution in [0.5, 0.6) is 0 Å². The molecular formula is C23H24F3N5O. The fraction of sp³-hybridized carbons (Fsp3) is 0.348. The number of nitrogens with one attached hydrogen (secondary N) is 1. The van der Waals surface area contributed by atoms with E-state index in [2.05, 4.69) is 22.3 Å². The number of hydrogen-bond acceptors (Lipinski definition) is 4. The van der Waals surface area contributed by atoms with Gasteiger partial charge in [-0.15, -0.1) is 0 Å². The lowest BCUT2D eigenvalue weighted by molar-refractivity contribution is -0.137. The Balaban J connectivity index is 1.51. The monoisotopic (exact) mass is 443 g/mol. The van der Waals surface area contributed by atoms with E-state index in [-0.39, 0.29) is 17.9 Å². The summed E-state index contributed by atoms with van der Waals surface area (Å²) in [6.45, 7) is 3.08. The summed E-state index contributed by atoms with van der Waals surface area (Å²) in [7, 11) is 0. The lowest BCUT2D eigenvalue weighted by atomic mass is 9.90. The number of pyridine rings is 1. The molecule has 0 saturated carbocycles. The Labute approximate surface area is 184 Å². The fourth-order valence-electron chi connectivity index (χ4n) is 4.08. The lowest BCUT2D eigenvalue weighted by Gasteiger charge is -2.40. The molecule has 32 heavy (non-hydrogen) atoms. The van der Waals surface area contributed by atoms with Crippen molar-refractivity contribution in [1.29, 1.82) is 0 Å². The highest BCUT2D eigenvalue weighted by molar-refractivity contribution is 5.93. The minimum absolute atomic E-state index is 0.120. The Kier molecular flexibility index (Phi) is 6.16. The van der Waals surface area contributed by atoms with Crippen LogP contribution in [0.25, 0.3) is 5.69 Å². The second-order valence-electron chi connectivity index (χ2n) is 7.96. The number of rotatable bonds is 5. The second-order valence-corrected chi connectivity index (χ2v) is 7.96. The van der Waals surface area contributed by atoms with Gasteiger partial charge in [0.15, 0.2) is 0 Å². The van der Waals surface area contributed by atoms with E-state index < -0.39 is 11.7 Å². The van der Waals surface area contributed by atoms with Crippen LogP contribution in [0.1, 0.15) is 35.8 Å². The Morgan fingerprint density at radius 1 is 1.16 bits per heavy atom. The van der Waals surface area contributed by atoms with E-state index in [1.54, 1.807) is 16.9 Å². The largest absolute Gasteiger partial charge is 0.417 e. The van der Waals surface area contributed by atoms with E-state index in [9.17, 15) is 18.0 Å². The molecule has 1 amide bonds. The molecule has 0 bridgehead atoms. The molecule has 3 aromatic rings. The van der Waals surface area contributed by atoms with Crippen molar-refractivity contribution in [3.63, 3.8) is 0 Å². The minimum Gasteiger partial charge on any atom is -0.368 e. The summed E-state index contributed by atoms with van der Waals surface area (Å²) in [5.74, 6) is 0.449. The summed E-state index contributed by atoms with van der Waals surface area (Å²) in [5, 5.41) is 7.42. The molecule has 1 aliphatic rings. The molecule has 168 valence electrons. The molecule has 1 saturated heterocycles. The molecular weight excluding hydrogens is 419 g/mol. The highest BCUT2D eigenvalue weighted by Crippen LogP contribution is 2.29. The van der Waals surface area contributed by atoms with Gasteiger partial charge in [0.1, 0.15) is 11.5 Å². The molecule has 3 heterocycles. The maximum atomic E-state index is 13.5. The first-order valence-corrected chi connectivity index (χ1v) is 10.5. The number of likely N-dealkylation sites (tertiary alicyclic amines) is 1. The van der Waals surface area contributed by atoms with Crippen LogP contribution in [-0.4, -0.2) is 44.7 Å². The number of nitrogens with zero attached hydrogens (tertiary/aromatic N) is 4. The topological polar surface area (TPSA) is 63.1 Å². The van der Waals surface area contributed by atoms with Crippen LogP contribution in [0, 0.1) is 5.92 Å². The standard InChI is InChI=1S/C23H24F3N5O/c1-16-6-5-13-30(20(16)15-28-21-10-9-17(14-27-21)23(24,25)26)22(32)19-11-12-29-31(19)18-7-3-2-4-8-18/h2-4,7-12,14,16,20H,5-6,13,15H2,1H3,(H,27,28). The number of benzene rings is 1. The first kappa shape index (κ1) is 21.9. The summed E-state index contributed by atoms with van der Waals surface area (Å²) in [4.78, 5) is 19.2. The van der Waals surface area contributed by atoms with Crippen LogP contribution in [0.15, 0.2) is 60.9 Å². The van der Waals surface area contributed by atoms with Crippen molar-refractivity contribution in [2.75, 3.05) is 18.4 Å². The van der Waals surface area contributed by atoms with Gasteiger partial charge in [0.2, 0.25) is 0 Å². The number of carbonyl (C=O) groups excluding carboxylic acids is 1. The van der Waals surface area contributed by atoms with Crippen LogP contribution in [0.3, 0.4) is 0 Å². The van der Waals surface area contributed by atoms with Gasteiger partial charge < -0.3 is 10.2 Å². The molecule has 2 aromatic heterocycles. The molecule has 4 rings (SSSR count). The molecule has 0 spiro atoms.